The first-order valence-corrected chi connectivity index (χ1v) is 7.75. The topological polar surface area (TPSA) is 72.9 Å². The van der Waals surface area contributed by atoms with Gasteiger partial charge in [0.2, 0.25) is 11.7 Å². The van der Waals surface area contributed by atoms with E-state index in [0.29, 0.717) is 24.3 Å². The normalized spacial score (nSPS) is 18.6. The summed E-state index contributed by atoms with van der Waals surface area (Å²) in [6.45, 7) is 1.69. The molecule has 23 heavy (non-hydrogen) atoms. The maximum absolute atomic E-state index is 5.42. The van der Waals surface area contributed by atoms with Crippen molar-refractivity contribution in [3.63, 3.8) is 0 Å². The molecule has 0 saturated carbocycles. The van der Waals surface area contributed by atoms with Gasteiger partial charge in [-0.15, -0.1) is 0 Å². The van der Waals surface area contributed by atoms with Gasteiger partial charge >= 0.3 is 0 Å². The molecule has 4 heterocycles. The third-order valence-electron chi connectivity index (χ3n) is 4.20. The van der Waals surface area contributed by atoms with Crippen LogP contribution in [0.25, 0.3) is 11.4 Å². The highest BCUT2D eigenvalue weighted by Crippen LogP contribution is 2.32. The Bertz CT molecular complexity index is 781. The molecule has 0 aliphatic carbocycles. The van der Waals surface area contributed by atoms with Crippen LogP contribution in [0.5, 0.6) is 0 Å². The van der Waals surface area contributed by atoms with Gasteiger partial charge in [-0.3, -0.25) is 14.6 Å². The predicted molar refractivity (Wildman–Crippen MR) is 83.1 cm³/mol. The summed E-state index contributed by atoms with van der Waals surface area (Å²) in [6.07, 6.45) is 9.80. The Labute approximate surface area is 134 Å². The third-order valence-corrected chi connectivity index (χ3v) is 4.20. The van der Waals surface area contributed by atoms with E-state index in [1.807, 2.05) is 30.1 Å². The zero-order valence-electron chi connectivity index (χ0n) is 13.0. The average molecular weight is 310 g/mol. The van der Waals surface area contributed by atoms with Crippen molar-refractivity contribution in [2.24, 2.45) is 7.05 Å². The number of pyridine rings is 1. The van der Waals surface area contributed by atoms with Crippen LogP contribution in [0.15, 0.2) is 41.4 Å². The number of hydrogen-bond donors (Lipinski definition) is 0. The van der Waals surface area contributed by atoms with Gasteiger partial charge in [0.05, 0.1) is 12.7 Å². The second kappa shape index (κ2) is 5.92. The molecule has 1 fully saturated rings. The maximum Gasteiger partial charge on any atom is 0.241 e. The van der Waals surface area contributed by atoms with Crippen LogP contribution < -0.4 is 0 Å². The summed E-state index contributed by atoms with van der Waals surface area (Å²) in [5, 5.41) is 8.34. The maximum atomic E-state index is 5.42. The lowest BCUT2D eigenvalue weighted by atomic mass is 10.1. The lowest BCUT2D eigenvalue weighted by Gasteiger charge is -2.21. The van der Waals surface area contributed by atoms with Gasteiger partial charge in [0.15, 0.2) is 0 Å². The van der Waals surface area contributed by atoms with Crippen LogP contribution in [0, 0.1) is 0 Å². The van der Waals surface area contributed by atoms with Gasteiger partial charge in [0.1, 0.15) is 0 Å². The second-order valence-corrected chi connectivity index (χ2v) is 5.83. The number of aromatic nitrogens is 5. The highest BCUT2D eigenvalue weighted by atomic mass is 16.5. The first-order valence-electron chi connectivity index (χ1n) is 7.75. The molecule has 4 rings (SSSR count). The summed E-state index contributed by atoms with van der Waals surface area (Å²) in [5.41, 5.74) is 2.12. The molecule has 3 aromatic rings. The lowest BCUT2D eigenvalue weighted by Crippen LogP contribution is -2.22. The van der Waals surface area contributed by atoms with E-state index in [1.54, 1.807) is 12.4 Å². The van der Waals surface area contributed by atoms with E-state index in [9.17, 15) is 0 Å². The zero-order chi connectivity index (χ0) is 15.6. The fourth-order valence-electron chi connectivity index (χ4n) is 3.11. The summed E-state index contributed by atoms with van der Waals surface area (Å²) in [6, 6.07) is 4.16. The van der Waals surface area contributed by atoms with E-state index in [2.05, 4.69) is 31.3 Å². The molecule has 0 radical (unpaired) electrons. The summed E-state index contributed by atoms with van der Waals surface area (Å²) in [7, 11) is 1.95. The van der Waals surface area contributed by atoms with Crippen LogP contribution in [0.4, 0.5) is 0 Å². The van der Waals surface area contributed by atoms with Gasteiger partial charge in [-0.05, 0) is 31.5 Å². The van der Waals surface area contributed by atoms with Crippen molar-refractivity contribution in [3.8, 4) is 11.4 Å². The van der Waals surface area contributed by atoms with Crippen molar-refractivity contribution in [1.82, 2.24) is 29.8 Å². The summed E-state index contributed by atoms with van der Waals surface area (Å²) >= 11 is 0. The Balaban J connectivity index is 1.50. The highest BCUT2D eigenvalue weighted by molar-refractivity contribution is 5.51. The van der Waals surface area contributed by atoms with Crippen LogP contribution in [0.3, 0.4) is 0 Å². The standard InChI is InChI=1S/C16H18N6O/c1-21-10-13(9-18-21)14-5-3-7-22(14)11-15-19-16(20-23-15)12-4-2-6-17-8-12/h2,4,6,8-10,14H,3,5,7,11H2,1H3/t14-/m1/s1. The molecule has 1 saturated heterocycles. The van der Waals surface area contributed by atoms with Crippen molar-refractivity contribution in [2.75, 3.05) is 6.54 Å². The van der Waals surface area contributed by atoms with E-state index in [-0.39, 0.29) is 0 Å². The number of nitrogens with zero attached hydrogens (tertiary/aromatic N) is 6. The molecule has 0 spiro atoms. The van der Waals surface area contributed by atoms with Crippen LogP contribution in [0.2, 0.25) is 0 Å². The van der Waals surface area contributed by atoms with Gasteiger partial charge in [-0.2, -0.15) is 10.1 Å². The zero-order valence-corrected chi connectivity index (χ0v) is 13.0. The van der Waals surface area contributed by atoms with Gasteiger partial charge in [-0.25, -0.2) is 0 Å². The Morgan fingerprint density at radius 2 is 2.30 bits per heavy atom. The van der Waals surface area contributed by atoms with Gasteiger partial charge in [0, 0.05) is 42.8 Å². The minimum absolute atomic E-state index is 0.373. The third kappa shape index (κ3) is 2.87. The van der Waals surface area contributed by atoms with E-state index < -0.39 is 0 Å². The Morgan fingerprint density at radius 1 is 1.35 bits per heavy atom. The van der Waals surface area contributed by atoms with Gasteiger partial charge in [0.25, 0.3) is 0 Å². The van der Waals surface area contributed by atoms with Crippen molar-refractivity contribution < 1.29 is 4.52 Å². The van der Waals surface area contributed by atoms with Gasteiger partial charge in [-0.1, -0.05) is 5.16 Å². The van der Waals surface area contributed by atoms with Crippen molar-refractivity contribution in [2.45, 2.75) is 25.4 Å². The lowest BCUT2D eigenvalue weighted by molar-refractivity contribution is 0.212. The summed E-state index contributed by atoms with van der Waals surface area (Å²) in [4.78, 5) is 11.0. The number of aryl methyl sites for hydroxylation is 1. The SMILES string of the molecule is Cn1cc([C@H]2CCCN2Cc2nc(-c3cccnc3)no2)cn1. The Hall–Kier alpha value is -2.54. The van der Waals surface area contributed by atoms with Crippen molar-refractivity contribution in [3.05, 3.63) is 48.4 Å². The van der Waals surface area contributed by atoms with Crippen LogP contribution in [-0.4, -0.2) is 36.3 Å². The van der Waals surface area contributed by atoms with E-state index in [1.165, 1.54) is 12.0 Å². The predicted octanol–water partition coefficient (Wildman–Crippen LogP) is 2.20. The molecule has 0 bridgehead atoms. The van der Waals surface area contributed by atoms with Crippen LogP contribution >= 0.6 is 0 Å². The fraction of sp³-hybridized carbons (Fsp3) is 0.375. The fourth-order valence-corrected chi connectivity index (χ4v) is 3.11. The number of likely N-dealkylation sites (tertiary alicyclic amines) is 1. The molecule has 1 aliphatic rings. The van der Waals surface area contributed by atoms with Crippen molar-refractivity contribution >= 4 is 0 Å². The minimum atomic E-state index is 0.373. The number of rotatable bonds is 4. The molecule has 0 N–H and O–H groups in total. The van der Waals surface area contributed by atoms with Crippen LogP contribution in [-0.2, 0) is 13.6 Å². The molecule has 0 aromatic carbocycles. The summed E-state index contributed by atoms with van der Waals surface area (Å²) < 4.78 is 7.27. The second-order valence-electron chi connectivity index (χ2n) is 5.83. The molecule has 7 heteroatoms. The average Bonchev–Trinajstić information content (AvgIpc) is 3.29. The molecule has 3 aromatic heterocycles. The van der Waals surface area contributed by atoms with Crippen molar-refractivity contribution in [1.29, 1.82) is 0 Å². The molecule has 1 aliphatic heterocycles. The quantitative estimate of drug-likeness (QED) is 0.735. The van der Waals surface area contributed by atoms with E-state index in [4.69, 9.17) is 4.52 Å². The largest absolute Gasteiger partial charge is 0.338 e. The highest BCUT2D eigenvalue weighted by Gasteiger charge is 2.28. The molecule has 1 atom stereocenters. The number of hydrogen-bond acceptors (Lipinski definition) is 6. The first kappa shape index (κ1) is 14.1. The Morgan fingerprint density at radius 3 is 3.09 bits per heavy atom. The molecule has 0 amide bonds. The molecule has 118 valence electrons. The molecular weight excluding hydrogens is 292 g/mol. The first-order chi connectivity index (χ1) is 11.3. The monoisotopic (exact) mass is 310 g/mol. The van der Waals surface area contributed by atoms with Crippen LogP contribution in [0.1, 0.15) is 30.3 Å². The molecular formula is C16H18N6O. The minimum Gasteiger partial charge on any atom is -0.338 e. The molecule has 7 nitrogen and oxygen atoms in total. The van der Waals surface area contributed by atoms with E-state index >= 15 is 0 Å². The Kier molecular flexibility index (Phi) is 3.63. The molecule has 0 unspecified atom stereocenters. The smallest absolute Gasteiger partial charge is 0.241 e. The van der Waals surface area contributed by atoms with Gasteiger partial charge < -0.3 is 4.52 Å². The summed E-state index contributed by atoms with van der Waals surface area (Å²) in [5.74, 6) is 1.23. The van der Waals surface area contributed by atoms with E-state index in [0.717, 1.165) is 18.5 Å².